The molecule has 1 saturated heterocycles. The lowest BCUT2D eigenvalue weighted by molar-refractivity contribution is -0.199. The summed E-state index contributed by atoms with van der Waals surface area (Å²) in [5.74, 6) is -0.913. The first kappa shape index (κ1) is 35.7. The molecule has 2 amide bonds. The smallest absolute Gasteiger partial charge is 0.481 e. The van der Waals surface area contributed by atoms with E-state index in [1.165, 1.54) is 18.6 Å². The topological polar surface area (TPSA) is 140 Å². The van der Waals surface area contributed by atoms with Gasteiger partial charge in [-0.3, -0.25) is 19.4 Å². The first-order valence-corrected chi connectivity index (χ1v) is 17.9. The zero-order valence-electron chi connectivity index (χ0n) is 29.7. The third-order valence-electron chi connectivity index (χ3n) is 11.4. The maximum Gasteiger partial charge on any atom is 0.481 e. The van der Waals surface area contributed by atoms with Gasteiger partial charge in [0, 0.05) is 24.7 Å². The normalized spacial score (nSPS) is 25.2. The van der Waals surface area contributed by atoms with Gasteiger partial charge in [0.05, 0.1) is 29.9 Å². The number of nitrogens with zero attached hydrogens (tertiary/aromatic N) is 2. The number of carbonyl (C=O) groups is 3. The summed E-state index contributed by atoms with van der Waals surface area (Å²) in [4.78, 5) is 49.8. The van der Waals surface area contributed by atoms with Gasteiger partial charge in [0.25, 0.3) is 5.91 Å². The van der Waals surface area contributed by atoms with Crippen molar-refractivity contribution in [1.29, 1.82) is 0 Å². The van der Waals surface area contributed by atoms with Gasteiger partial charge in [-0.25, -0.2) is 4.98 Å². The Balaban J connectivity index is 1.23. The molecule has 50 heavy (non-hydrogen) atoms. The van der Waals surface area contributed by atoms with Crippen LogP contribution in [0.5, 0.6) is 5.75 Å². The second kappa shape index (κ2) is 14.6. The first-order chi connectivity index (χ1) is 23.8. The molecule has 4 fully saturated rings. The van der Waals surface area contributed by atoms with Crippen LogP contribution in [-0.4, -0.2) is 63.5 Å². The molecule has 3 N–H and O–H groups in total. The molecule has 1 aliphatic heterocycles. The molecule has 7 rings (SSSR count). The highest BCUT2D eigenvalue weighted by Crippen LogP contribution is 2.65. The van der Waals surface area contributed by atoms with Gasteiger partial charge in [0.2, 0.25) is 5.91 Å². The summed E-state index contributed by atoms with van der Waals surface area (Å²) >= 11 is 0. The van der Waals surface area contributed by atoms with Gasteiger partial charge in [0.15, 0.2) is 5.78 Å². The van der Waals surface area contributed by atoms with Crippen molar-refractivity contribution in [2.24, 2.45) is 29.1 Å². The Bertz CT molecular complexity index is 1660. The maximum atomic E-state index is 14.4. The second-order valence-electron chi connectivity index (χ2n) is 15.6. The van der Waals surface area contributed by atoms with Gasteiger partial charge in [-0.1, -0.05) is 70.2 Å². The van der Waals surface area contributed by atoms with Crippen molar-refractivity contribution in [3.8, 4) is 5.75 Å². The summed E-state index contributed by atoms with van der Waals surface area (Å²) in [6.07, 6.45) is 7.32. The highest BCUT2D eigenvalue weighted by Gasteiger charge is 2.68. The summed E-state index contributed by atoms with van der Waals surface area (Å²) in [6.45, 7) is 11.0. The van der Waals surface area contributed by atoms with Crippen LogP contribution < -0.4 is 10.6 Å². The molecule has 3 aliphatic carbocycles. The van der Waals surface area contributed by atoms with E-state index in [1.54, 1.807) is 24.3 Å². The molecular weight excluding hydrogens is 631 g/mol. The van der Waals surface area contributed by atoms with Crippen molar-refractivity contribution >= 4 is 24.7 Å². The Hall–Kier alpha value is -4.09. The Labute approximate surface area is 295 Å². The van der Waals surface area contributed by atoms with Crippen molar-refractivity contribution in [3.63, 3.8) is 0 Å². The van der Waals surface area contributed by atoms with Crippen LogP contribution in [0.1, 0.15) is 81.9 Å². The highest BCUT2D eigenvalue weighted by molar-refractivity contribution is 6.47. The molecule has 10 nitrogen and oxygen atoms in total. The van der Waals surface area contributed by atoms with Crippen LogP contribution in [0.4, 0.5) is 0 Å². The number of benzene rings is 2. The largest absolute Gasteiger partial charge is 0.508 e. The number of aromatic nitrogens is 2. The van der Waals surface area contributed by atoms with Crippen LogP contribution in [0.2, 0.25) is 0 Å². The summed E-state index contributed by atoms with van der Waals surface area (Å²) in [5, 5.41) is 16.0. The van der Waals surface area contributed by atoms with E-state index in [-0.39, 0.29) is 59.8 Å². The van der Waals surface area contributed by atoms with Gasteiger partial charge in [-0.2, -0.15) is 0 Å². The number of rotatable bonds is 14. The number of nitrogens with one attached hydrogen (secondary N) is 2. The lowest BCUT2D eigenvalue weighted by Crippen LogP contribution is -2.65. The van der Waals surface area contributed by atoms with Crippen LogP contribution in [0.25, 0.3) is 0 Å². The minimum absolute atomic E-state index is 0.0260. The quantitative estimate of drug-likeness (QED) is 0.199. The fourth-order valence-corrected chi connectivity index (χ4v) is 8.42. The Morgan fingerprint density at radius 2 is 1.68 bits per heavy atom. The molecule has 2 aromatic carbocycles. The number of carbonyl (C=O) groups excluding carboxylic acids is 3. The van der Waals surface area contributed by atoms with E-state index in [9.17, 15) is 19.5 Å². The summed E-state index contributed by atoms with van der Waals surface area (Å²) < 4.78 is 13.4. The third-order valence-corrected chi connectivity index (χ3v) is 11.4. The zero-order valence-corrected chi connectivity index (χ0v) is 29.7. The fraction of sp³-hybridized carbons (Fsp3) is 0.513. The van der Waals surface area contributed by atoms with Crippen molar-refractivity contribution < 1.29 is 28.8 Å². The number of hydrogen-bond donors (Lipinski definition) is 3. The van der Waals surface area contributed by atoms with E-state index in [0.717, 1.165) is 24.0 Å². The van der Waals surface area contributed by atoms with E-state index in [0.29, 0.717) is 18.3 Å². The van der Waals surface area contributed by atoms with Gasteiger partial charge in [-0.05, 0) is 85.5 Å². The summed E-state index contributed by atoms with van der Waals surface area (Å²) in [7, 11) is -0.603. The van der Waals surface area contributed by atoms with Crippen LogP contribution in [0.3, 0.4) is 0 Å². The molecule has 2 bridgehead atoms. The molecule has 2 unspecified atom stereocenters. The first-order valence-electron chi connectivity index (χ1n) is 17.9. The predicted octanol–water partition coefficient (Wildman–Crippen LogP) is 5.14. The zero-order chi connectivity index (χ0) is 35.6. The molecule has 0 spiro atoms. The Morgan fingerprint density at radius 1 is 0.960 bits per heavy atom. The third kappa shape index (κ3) is 7.64. The number of amides is 2. The van der Waals surface area contributed by atoms with Crippen LogP contribution in [0.15, 0.2) is 73.2 Å². The molecule has 7 atom stereocenters. The standard InChI is InChI=1S/C39H49BN4O6/c1-24(2)17-35(40-49-34-22-28-21-33(38(28,3)4)39(34,5)50-40)44-36(47)27(18-26-11-13-29(45)14-12-26)20-32(46)30(19-25-9-7-6-8-10-25)43-37(48)31-23-41-15-16-42-31/h6-16,23-24,27-28,30,33-35,45H,17-22H2,1-5H3,(H,43,48)(H,44,47)/t27-,28?,30+,33+,34?,35+,39+/m1/s1. The van der Waals surface area contributed by atoms with E-state index >= 15 is 0 Å². The van der Waals surface area contributed by atoms with Crippen LogP contribution in [0, 0.1) is 29.1 Å². The predicted molar refractivity (Wildman–Crippen MR) is 190 cm³/mol. The SMILES string of the molecule is CC(C)C[C@H](NC(=O)[C@@H](CC(=O)[C@H](Cc1ccccc1)NC(=O)c1cnccn1)Cc1ccc(O)cc1)B1OC2CC3C[C@@H](C3(C)C)[C@]2(C)O1. The minimum Gasteiger partial charge on any atom is -0.508 e. The number of ketones is 1. The Morgan fingerprint density at radius 3 is 2.34 bits per heavy atom. The number of Topliss-reactive ketones (excluding diaryl/α,β-unsaturated/α-hetero) is 1. The van der Waals surface area contributed by atoms with E-state index in [1.807, 2.05) is 30.3 Å². The van der Waals surface area contributed by atoms with Crippen LogP contribution in [-0.2, 0) is 31.7 Å². The van der Waals surface area contributed by atoms with E-state index < -0.39 is 36.5 Å². The molecule has 3 saturated carbocycles. The van der Waals surface area contributed by atoms with Gasteiger partial charge in [0.1, 0.15) is 11.4 Å². The van der Waals surface area contributed by atoms with Gasteiger partial charge in [-0.15, -0.1) is 0 Å². The molecular formula is C39H49BN4O6. The van der Waals surface area contributed by atoms with Gasteiger partial charge < -0.3 is 25.0 Å². The summed E-state index contributed by atoms with van der Waals surface area (Å²) in [6, 6.07) is 15.2. The van der Waals surface area contributed by atoms with Crippen molar-refractivity contribution in [2.45, 2.75) is 96.8 Å². The molecule has 11 heteroatoms. The average molecular weight is 681 g/mol. The number of phenols is 1. The fourth-order valence-electron chi connectivity index (χ4n) is 8.42. The highest BCUT2D eigenvalue weighted by atomic mass is 16.7. The second-order valence-corrected chi connectivity index (χ2v) is 15.6. The Kier molecular flexibility index (Phi) is 10.5. The molecule has 264 valence electrons. The number of phenolic OH excluding ortho intramolecular Hbond substituents is 1. The van der Waals surface area contributed by atoms with Crippen molar-refractivity contribution in [2.75, 3.05) is 0 Å². The molecule has 3 aromatic rings. The molecule has 2 heterocycles. The van der Waals surface area contributed by atoms with E-state index in [2.05, 4.69) is 55.2 Å². The lowest BCUT2D eigenvalue weighted by Gasteiger charge is -2.64. The monoisotopic (exact) mass is 680 g/mol. The molecule has 4 aliphatic rings. The molecule has 1 aromatic heterocycles. The lowest BCUT2D eigenvalue weighted by atomic mass is 9.43. The van der Waals surface area contributed by atoms with Crippen molar-refractivity contribution in [3.05, 3.63) is 90.0 Å². The average Bonchev–Trinajstić information content (AvgIpc) is 3.46. The minimum atomic E-state index is -0.909. The number of aromatic hydroxyl groups is 1. The summed E-state index contributed by atoms with van der Waals surface area (Å²) in [5.41, 5.74) is 1.53. The van der Waals surface area contributed by atoms with E-state index in [4.69, 9.17) is 9.31 Å². The van der Waals surface area contributed by atoms with Crippen LogP contribution >= 0.6 is 0 Å². The maximum absolute atomic E-state index is 14.4. The molecule has 0 radical (unpaired) electrons. The van der Waals surface area contributed by atoms with Crippen molar-refractivity contribution in [1.82, 2.24) is 20.6 Å². The number of hydrogen-bond acceptors (Lipinski definition) is 8. The van der Waals surface area contributed by atoms with Gasteiger partial charge >= 0.3 is 7.12 Å².